The molecule has 0 aromatic heterocycles. The number of nitriles is 1. The summed E-state index contributed by atoms with van der Waals surface area (Å²) in [5.74, 6) is -0.681. The van der Waals surface area contributed by atoms with Crippen LogP contribution in [0.3, 0.4) is 0 Å². The van der Waals surface area contributed by atoms with E-state index in [1.54, 1.807) is 4.90 Å². The predicted octanol–water partition coefficient (Wildman–Crippen LogP) is 2.91. The van der Waals surface area contributed by atoms with Crippen LogP contribution in [0.25, 0.3) is 0 Å². The summed E-state index contributed by atoms with van der Waals surface area (Å²) in [5.41, 5.74) is 3.39. The fourth-order valence-corrected chi connectivity index (χ4v) is 2.75. The molecule has 1 atom stereocenters. The largest absolute Gasteiger partial charge is 0.333 e. The average molecular weight is 276 g/mol. The van der Waals surface area contributed by atoms with Gasteiger partial charge in [0.2, 0.25) is 5.91 Å². The Morgan fingerprint density at radius 2 is 1.62 bits per heavy atom. The van der Waals surface area contributed by atoms with Crippen molar-refractivity contribution in [2.45, 2.75) is 19.5 Å². The van der Waals surface area contributed by atoms with Crippen molar-refractivity contribution in [1.82, 2.24) is 4.90 Å². The Kier molecular flexibility index (Phi) is 3.70. The van der Waals surface area contributed by atoms with Crippen molar-refractivity contribution in [3.63, 3.8) is 0 Å². The van der Waals surface area contributed by atoms with Crippen LogP contribution in [0.5, 0.6) is 0 Å². The summed E-state index contributed by atoms with van der Waals surface area (Å²) >= 11 is 0. The summed E-state index contributed by atoms with van der Waals surface area (Å²) in [6, 6.07) is 19.9. The number of rotatable bonds is 3. The van der Waals surface area contributed by atoms with Gasteiger partial charge in [-0.05, 0) is 23.1 Å². The van der Waals surface area contributed by atoms with Gasteiger partial charge in [-0.1, -0.05) is 54.6 Å². The molecule has 21 heavy (non-hydrogen) atoms. The van der Waals surface area contributed by atoms with Crippen LogP contribution in [0.2, 0.25) is 0 Å². The van der Waals surface area contributed by atoms with Crippen LogP contribution in [0.15, 0.2) is 54.6 Å². The van der Waals surface area contributed by atoms with Crippen LogP contribution >= 0.6 is 0 Å². The lowest BCUT2D eigenvalue weighted by Crippen LogP contribution is -2.32. The van der Waals surface area contributed by atoms with Crippen LogP contribution in [-0.4, -0.2) is 10.8 Å². The molecule has 0 radical (unpaired) electrons. The van der Waals surface area contributed by atoms with Gasteiger partial charge in [0, 0.05) is 13.1 Å². The van der Waals surface area contributed by atoms with E-state index >= 15 is 0 Å². The fraction of sp³-hybridized carbons (Fsp3) is 0.222. The van der Waals surface area contributed by atoms with Crippen LogP contribution in [-0.2, 0) is 24.3 Å². The van der Waals surface area contributed by atoms with Crippen LogP contribution in [0, 0.1) is 17.2 Å². The zero-order valence-corrected chi connectivity index (χ0v) is 11.7. The quantitative estimate of drug-likeness (QED) is 0.865. The standard InChI is InChI=1S/C18H16N2O/c19-11-17(10-14-6-2-1-3-7-14)18(21)20-12-15-8-4-5-9-16(15)13-20/h1-9,17H,10,12-13H2. The van der Waals surface area contributed by atoms with Crippen molar-refractivity contribution in [1.29, 1.82) is 5.26 Å². The smallest absolute Gasteiger partial charge is 0.240 e. The lowest BCUT2D eigenvalue weighted by molar-refractivity contribution is -0.134. The molecule has 1 aliphatic heterocycles. The third kappa shape index (κ3) is 2.80. The monoisotopic (exact) mass is 276 g/mol. The highest BCUT2D eigenvalue weighted by molar-refractivity contribution is 5.82. The van der Waals surface area contributed by atoms with Gasteiger partial charge in [-0.25, -0.2) is 0 Å². The van der Waals surface area contributed by atoms with Crippen molar-refractivity contribution >= 4 is 5.91 Å². The second-order valence-electron chi connectivity index (χ2n) is 5.33. The van der Waals surface area contributed by atoms with Crippen molar-refractivity contribution in [3.05, 3.63) is 71.3 Å². The zero-order valence-electron chi connectivity index (χ0n) is 11.7. The first-order valence-corrected chi connectivity index (χ1v) is 7.07. The Morgan fingerprint density at radius 3 is 2.19 bits per heavy atom. The van der Waals surface area contributed by atoms with Gasteiger partial charge in [0.15, 0.2) is 0 Å². The highest BCUT2D eigenvalue weighted by Gasteiger charge is 2.28. The second kappa shape index (κ2) is 5.80. The minimum Gasteiger partial charge on any atom is -0.333 e. The van der Waals surface area contributed by atoms with Gasteiger partial charge in [-0.2, -0.15) is 5.26 Å². The number of fused-ring (bicyclic) bond motifs is 1. The fourth-order valence-electron chi connectivity index (χ4n) is 2.75. The first-order valence-electron chi connectivity index (χ1n) is 7.07. The molecule has 1 aliphatic rings. The molecule has 3 heteroatoms. The molecule has 3 nitrogen and oxygen atoms in total. The Labute approximate surface area is 124 Å². The molecule has 0 saturated heterocycles. The van der Waals surface area contributed by atoms with Gasteiger partial charge in [-0.3, -0.25) is 4.79 Å². The molecule has 0 bridgehead atoms. The van der Waals surface area contributed by atoms with Crippen molar-refractivity contribution in [2.75, 3.05) is 0 Å². The SMILES string of the molecule is N#CC(Cc1ccccc1)C(=O)N1Cc2ccccc2C1. The van der Waals surface area contributed by atoms with E-state index in [0.29, 0.717) is 19.5 Å². The molecule has 2 aromatic rings. The molecule has 0 saturated carbocycles. The van der Waals surface area contributed by atoms with Gasteiger partial charge in [0.25, 0.3) is 0 Å². The Hall–Kier alpha value is -2.60. The molecule has 1 amide bonds. The van der Waals surface area contributed by atoms with E-state index in [-0.39, 0.29) is 5.91 Å². The highest BCUT2D eigenvalue weighted by Crippen LogP contribution is 2.24. The Morgan fingerprint density at radius 1 is 1.05 bits per heavy atom. The zero-order chi connectivity index (χ0) is 14.7. The Bertz CT molecular complexity index is 663. The van der Waals surface area contributed by atoms with Crippen molar-refractivity contribution in [3.8, 4) is 6.07 Å². The van der Waals surface area contributed by atoms with Crippen molar-refractivity contribution in [2.24, 2.45) is 5.92 Å². The highest BCUT2D eigenvalue weighted by atomic mass is 16.2. The minimum atomic E-state index is -0.610. The molecular weight excluding hydrogens is 260 g/mol. The molecule has 2 aromatic carbocycles. The third-order valence-electron chi connectivity index (χ3n) is 3.89. The van der Waals surface area contributed by atoms with Crippen LogP contribution in [0.1, 0.15) is 16.7 Å². The molecule has 0 spiro atoms. The van der Waals surface area contributed by atoms with Gasteiger partial charge in [0.05, 0.1) is 6.07 Å². The van der Waals surface area contributed by atoms with E-state index in [4.69, 9.17) is 0 Å². The number of carbonyl (C=O) groups is 1. The van der Waals surface area contributed by atoms with E-state index < -0.39 is 5.92 Å². The lowest BCUT2D eigenvalue weighted by atomic mass is 9.99. The maximum Gasteiger partial charge on any atom is 0.240 e. The number of hydrogen-bond donors (Lipinski definition) is 0. The topological polar surface area (TPSA) is 44.1 Å². The number of amides is 1. The molecule has 1 unspecified atom stereocenters. The van der Waals surface area contributed by atoms with Gasteiger partial charge >= 0.3 is 0 Å². The van der Waals surface area contributed by atoms with E-state index in [0.717, 1.165) is 5.56 Å². The van der Waals surface area contributed by atoms with E-state index in [1.165, 1.54) is 11.1 Å². The summed E-state index contributed by atoms with van der Waals surface area (Å²) in [5, 5.41) is 9.34. The minimum absolute atomic E-state index is 0.0717. The summed E-state index contributed by atoms with van der Waals surface area (Å²) < 4.78 is 0. The van der Waals surface area contributed by atoms with E-state index in [9.17, 15) is 10.1 Å². The van der Waals surface area contributed by atoms with Crippen LogP contribution < -0.4 is 0 Å². The molecule has 3 rings (SSSR count). The maximum absolute atomic E-state index is 12.6. The normalized spacial score (nSPS) is 14.3. The third-order valence-corrected chi connectivity index (χ3v) is 3.89. The average Bonchev–Trinajstić information content (AvgIpc) is 2.97. The molecule has 0 N–H and O–H groups in total. The van der Waals surface area contributed by atoms with E-state index in [2.05, 4.69) is 6.07 Å². The first-order chi connectivity index (χ1) is 10.3. The number of hydrogen-bond acceptors (Lipinski definition) is 2. The number of benzene rings is 2. The molecular formula is C18H16N2O. The summed E-state index contributed by atoms with van der Waals surface area (Å²) in [6.45, 7) is 1.23. The summed E-state index contributed by atoms with van der Waals surface area (Å²) in [4.78, 5) is 14.3. The summed E-state index contributed by atoms with van der Waals surface area (Å²) in [6.07, 6.45) is 0.475. The second-order valence-corrected chi connectivity index (χ2v) is 5.33. The number of carbonyl (C=O) groups excluding carboxylic acids is 1. The van der Waals surface area contributed by atoms with Crippen LogP contribution in [0.4, 0.5) is 0 Å². The summed E-state index contributed by atoms with van der Waals surface area (Å²) in [7, 11) is 0. The molecule has 1 heterocycles. The van der Waals surface area contributed by atoms with Crippen molar-refractivity contribution < 1.29 is 4.79 Å². The van der Waals surface area contributed by atoms with Gasteiger partial charge in [0.1, 0.15) is 5.92 Å². The number of nitrogens with zero attached hydrogens (tertiary/aromatic N) is 2. The first kappa shape index (κ1) is 13.4. The van der Waals surface area contributed by atoms with E-state index in [1.807, 2.05) is 54.6 Å². The molecule has 104 valence electrons. The maximum atomic E-state index is 12.6. The molecule has 0 fully saturated rings. The van der Waals surface area contributed by atoms with Gasteiger partial charge in [-0.15, -0.1) is 0 Å². The molecule has 0 aliphatic carbocycles. The predicted molar refractivity (Wildman–Crippen MR) is 79.9 cm³/mol. The van der Waals surface area contributed by atoms with Gasteiger partial charge < -0.3 is 4.90 Å². The lowest BCUT2D eigenvalue weighted by Gasteiger charge is -2.19. The Balaban J connectivity index is 1.72.